The molecule has 0 atom stereocenters. The van der Waals surface area contributed by atoms with Gasteiger partial charge in [-0.2, -0.15) is 8.42 Å². The van der Waals surface area contributed by atoms with Gasteiger partial charge in [0.05, 0.1) is 0 Å². The predicted molar refractivity (Wildman–Crippen MR) is 22.7 cm³/mol. The van der Waals surface area contributed by atoms with Crippen molar-refractivity contribution < 1.29 is 50.8 Å². The molecule has 0 aromatic heterocycles. The van der Waals surface area contributed by atoms with Gasteiger partial charge in [0, 0.05) is 33.3 Å². The summed E-state index contributed by atoms with van der Waals surface area (Å²) in [6, 6.07) is 0. The minimum absolute atomic E-state index is 0. The largest absolute Gasteiger partial charge is 0.394 e. The van der Waals surface area contributed by atoms with Gasteiger partial charge in [-0.3, -0.25) is 9.11 Å². The number of hydrogen-bond acceptors (Lipinski definition) is 2. The van der Waals surface area contributed by atoms with Gasteiger partial charge in [0.1, 0.15) is 0 Å². The molecule has 2 N–H and O–H groups in total. The SMILES string of the molecule is O=S(=O)(O)O.[Co].[MgH2].[Ni]. The smallest absolute Gasteiger partial charge is 0.264 e. The molecule has 0 saturated heterocycles. The second-order valence-corrected chi connectivity index (χ2v) is 1.34. The Kier molecular flexibility index (Phi) is 24.4. The van der Waals surface area contributed by atoms with Gasteiger partial charge in [0.25, 0.3) is 0 Å². The summed E-state index contributed by atoms with van der Waals surface area (Å²) in [5.41, 5.74) is 0. The van der Waals surface area contributed by atoms with Crippen LogP contribution in [0.4, 0.5) is 0 Å². The molecule has 0 heterocycles. The minimum Gasteiger partial charge on any atom is -0.264 e. The van der Waals surface area contributed by atoms with Crippen LogP contribution in [0.25, 0.3) is 0 Å². The van der Waals surface area contributed by atoms with Crippen LogP contribution >= 0.6 is 0 Å². The van der Waals surface area contributed by atoms with Crippen molar-refractivity contribution >= 4 is 33.5 Å². The van der Waals surface area contributed by atoms with Crippen LogP contribution in [0.3, 0.4) is 0 Å². The Hall–Kier alpha value is 1.64. The van der Waals surface area contributed by atoms with Crippen molar-refractivity contribution in [2.75, 3.05) is 0 Å². The molecule has 8 heteroatoms. The molecule has 0 aliphatic rings. The van der Waals surface area contributed by atoms with Crippen LogP contribution in [-0.2, 0) is 43.7 Å². The molecule has 0 aliphatic heterocycles. The molecular formula is H4CoMgNiO4S. The molecule has 0 spiro atoms. The molecule has 4 nitrogen and oxygen atoms in total. The molecule has 0 saturated carbocycles. The topological polar surface area (TPSA) is 74.6 Å². The molecule has 0 aliphatic carbocycles. The Morgan fingerprint density at radius 2 is 1.12 bits per heavy atom. The zero-order chi connectivity index (χ0) is 4.50. The van der Waals surface area contributed by atoms with Gasteiger partial charge < -0.3 is 0 Å². The Morgan fingerprint density at radius 3 is 1.12 bits per heavy atom. The third-order valence-corrected chi connectivity index (χ3v) is 0. The summed E-state index contributed by atoms with van der Waals surface area (Å²) in [5.74, 6) is 0. The second kappa shape index (κ2) is 8.64. The third-order valence-electron chi connectivity index (χ3n) is 0. The van der Waals surface area contributed by atoms with Crippen molar-refractivity contribution in [3.63, 3.8) is 0 Å². The van der Waals surface area contributed by atoms with Gasteiger partial charge in [0.2, 0.25) is 0 Å². The maximum Gasteiger partial charge on any atom is 0.394 e. The van der Waals surface area contributed by atoms with Crippen molar-refractivity contribution in [1.29, 1.82) is 0 Å². The van der Waals surface area contributed by atoms with Crippen molar-refractivity contribution in [3.05, 3.63) is 0 Å². The van der Waals surface area contributed by atoms with Crippen molar-refractivity contribution in [2.24, 2.45) is 0 Å². The van der Waals surface area contributed by atoms with Crippen molar-refractivity contribution in [3.8, 4) is 0 Å². The standard InChI is InChI=1S/Co.Mg.Ni.H2O4S.2H/c;;;1-5(2,3)4;;/h;;;(H2,1,2,3,4);;. The summed E-state index contributed by atoms with van der Waals surface area (Å²) < 4.78 is 31.6. The fraction of sp³-hybridized carbons (Fsp3) is 0. The van der Waals surface area contributed by atoms with Gasteiger partial charge in [0.15, 0.2) is 0 Å². The number of hydrogen-bond donors (Lipinski definition) is 2. The summed E-state index contributed by atoms with van der Waals surface area (Å²) >= 11 is 0. The van der Waals surface area contributed by atoms with Gasteiger partial charge in [-0.05, 0) is 0 Å². The van der Waals surface area contributed by atoms with E-state index in [1.54, 1.807) is 0 Å². The van der Waals surface area contributed by atoms with Crippen molar-refractivity contribution in [2.45, 2.75) is 0 Å². The maximum atomic E-state index is 8.74. The average Bonchev–Trinajstić information content (AvgIpc) is 0.722. The Labute approximate surface area is 83.6 Å². The molecule has 0 rings (SSSR count). The van der Waals surface area contributed by atoms with Gasteiger partial charge in [-0.1, -0.05) is 0 Å². The fourth-order valence-corrected chi connectivity index (χ4v) is 0. The monoisotopic (exact) mass is 241 g/mol. The van der Waals surface area contributed by atoms with Crippen LogP contribution in [0.2, 0.25) is 0 Å². The Bertz CT molecular complexity index is 99.2. The first-order valence-corrected chi connectivity index (χ1v) is 2.10. The van der Waals surface area contributed by atoms with Crippen LogP contribution in [0.5, 0.6) is 0 Å². The summed E-state index contributed by atoms with van der Waals surface area (Å²) in [7, 11) is -4.67. The zero-order valence-corrected chi connectivity index (χ0v) is 5.61. The van der Waals surface area contributed by atoms with Crippen LogP contribution in [0.1, 0.15) is 0 Å². The molecule has 55 valence electrons. The van der Waals surface area contributed by atoms with Gasteiger partial charge >= 0.3 is 33.5 Å². The molecule has 8 heavy (non-hydrogen) atoms. The summed E-state index contributed by atoms with van der Waals surface area (Å²) in [4.78, 5) is 0. The first kappa shape index (κ1) is 22.6. The Morgan fingerprint density at radius 1 is 1.12 bits per heavy atom. The molecule has 1 radical (unpaired) electrons. The molecule has 0 aromatic carbocycles. The summed E-state index contributed by atoms with van der Waals surface area (Å²) in [5, 5.41) is 0. The molecule has 0 bridgehead atoms. The molecule has 0 aromatic rings. The minimum atomic E-state index is -4.67. The molecule has 0 unspecified atom stereocenters. The van der Waals surface area contributed by atoms with Gasteiger partial charge in [-0.15, -0.1) is 0 Å². The van der Waals surface area contributed by atoms with E-state index in [1.165, 1.54) is 0 Å². The second-order valence-electron chi connectivity index (χ2n) is 0.448. The van der Waals surface area contributed by atoms with Crippen LogP contribution in [-0.4, -0.2) is 40.6 Å². The summed E-state index contributed by atoms with van der Waals surface area (Å²) in [6.45, 7) is 0. The molecule has 0 amide bonds. The van der Waals surface area contributed by atoms with Crippen molar-refractivity contribution in [1.82, 2.24) is 0 Å². The molecule has 0 fully saturated rings. The van der Waals surface area contributed by atoms with E-state index in [4.69, 9.17) is 17.5 Å². The van der Waals surface area contributed by atoms with Crippen LogP contribution in [0, 0.1) is 0 Å². The quantitative estimate of drug-likeness (QED) is 0.397. The van der Waals surface area contributed by atoms with Gasteiger partial charge in [-0.25, -0.2) is 0 Å². The average molecular weight is 242 g/mol. The first-order chi connectivity index (χ1) is 2.00. The summed E-state index contributed by atoms with van der Waals surface area (Å²) in [6.07, 6.45) is 0. The predicted octanol–water partition coefficient (Wildman–Crippen LogP) is -1.57. The van der Waals surface area contributed by atoms with E-state index >= 15 is 0 Å². The van der Waals surface area contributed by atoms with E-state index in [0.29, 0.717) is 0 Å². The van der Waals surface area contributed by atoms with E-state index in [0.717, 1.165) is 0 Å². The molecular weight excluding hydrogens is 238 g/mol. The van der Waals surface area contributed by atoms with E-state index in [-0.39, 0.29) is 56.3 Å². The van der Waals surface area contributed by atoms with E-state index in [2.05, 4.69) is 0 Å². The van der Waals surface area contributed by atoms with Crippen LogP contribution < -0.4 is 0 Å². The first-order valence-electron chi connectivity index (χ1n) is 0.698. The zero-order valence-electron chi connectivity index (χ0n) is 2.77. The normalized spacial score (nSPS) is 7.25. The fourth-order valence-electron chi connectivity index (χ4n) is 0. The Balaban J connectivity index is -0.0000000267. The number of rotatable bonds is 0. The third kappa shape index (κ3) is 126. The van der Waals surface area contributed by atoms with E-state index < -0.39 is 10.4 Å². The van der Waals surface area contributed by atoms with Crippen LogP contribution in [0.15, 0.2) is 0 Å². The maximum absolute atomic E-state index is 8.74. The van der Waals surface area contributed by atoms with E-state index in [1.807, 2.05) is 0 Å². The van der Waals surface area contributed by atoms with E-state index in [9.17, 15) is 0 Å².